The number of aromatic nitrogens is 1. The second kappa shape index (κ2) is 7.13. The van der Waals surface area contributed by atoms with Crippen molar-refractivity contribution in [3.63, 3.8) is 0 Å². The number of piperidine rings is 1. The maximum absolute atomic E-state index is 12.4. The maximum atomic E-state index is 12.4. The van der Waals surface area contributed by atoms with Crippen molar-refractivity contribution in [3.8, 4) is 0 Å². The maximum Gasteiger partial charge on any atom is 0.227 e. The minimum Gasteiger partial charge on any atom is -0.356 e. The number of nitrogens with one attached hydrogen (secondary N) is 1. The molecule has 0 radical (unpaired) electrons. The Balaban J connectivity index is 1.59. The van der Waals surface area contributed by atoms with Crippen LogP contribution in [0.25, 0.3) is 0 Å². The van der Waals surface area contributed by atoms with Gasteiger partial charge in [0.25, 0.3) is 0 Å². The van der Waals surface area contributed by atoms with Crippen LogP contribution in [0.2, 0.25) is 0 Å². The lowest BCUT2D eigenvalue weighted by molar-refractivity contribution is -0.120. The fourth-order valence-corrected chi connectivity index (χ4v) is 3.43. The Morgan fingerprint density at radius 3 is 2.61 bits per heavy atom. The Morgan fingerprint density at radius 2 is 1.96 bits per heavy atom. The first kappa shape index (κ1) is 16.0. The predicted octanol–water partition coefficient (Wildman–Crippen LogP) is 4.01. The Bertz CT molecular complexity index is 682. The van der Waals surface area contributed by atoms with Gasteiger partial charge in [0.05, 0.1) is 0 Å². The van der Waals surface area contributed by atoms with E-state index in [1.54, 1.807) is 0 Å². The molecule has 1 saturated heterocycles. The lowest BCUT2D eigenvalue weighted by atomic mass is 9.95. The summed E-state index contributed by atoms with van der Waals surface area (Å²) in [7, 11) is 0. The monoisotopic (exact) mass is 373 g/mol. The number of rotatable bonds is 3. The molecule has 2 aromatic rings. The summed E-state index contributed by atoms with van der Waals surface area (Å²) < 4.78 is 0.996. The third-order valence-electron chi connectivity index (χ3n) is 4.22. The molecule has 1 N–H and O–H groups in total. The van der Waals surface area contributed by atoms with E-state index in [0.29, 0.717) is 0 Å². The first-order chi connectivity index (χ1) is 11.1. The van der Waals surface area contributed by atoms with Crippen molar-refractivity contribution in [1.29, 1.82) is 0 Å². The summed E-state index contributed by atoms with van der Waals surface area (Å²) in [6, 6.07) is 11.7. The molecule has 1 aliphatic heterocycles. The van der Waals surface area contributed by atoms with E-state index in [0.717, 1.165) is 47.5 Å². The second-order valence-corrected chi connectivity index (χ2v) is 6.83. The lowest BCUT2D eigenvalue weighted by Gasteiger charge is -2.33. The van der Waals surface area contributed by atoms with Gasteiger partial charge < -0.3 is 10.2 Å². The van der Waals surface area contributed by atoms with Crippen LogP contribution in [0, 0.1) is 12.8 Å². The van der Waals surface area contributed by atoms with Gasteiger partial charge in [0.2, 0.25) is 5.91 Å². The molecule has 0 unspecified atom stereocenters. The molecule has 0 spiro atoms. The normalized spacial score (nSPS) is 15.5. The Hall–Kier alpha value is -1.88. The molecule has 1 aromatic carbocycles. The van der Waals surface area contributed by atoms with Gasteiger partial charge in [0, 0.05) is 35.4 Å². The topological polar surface area (TPSA) is 45.2 Å². The van der Waals surface area contributed by atoms with Crippen molar-refractivity contribution >= 4 is 33.3 Å². The highest BCUT2D eigenvalue weighted by Gasteiger charge is 2.26. The van der Waals surface area contributed by atoms with E-state index in [-0.39, 0.29) is 11.8 Å². The molecule has 5 heteroatoms. The van der Waals surface area contributed by atoms with Crippen molar-refractivity contribution in [2.75, 3.05) is 23.3 Å². The number of halogens is 1. The SMILES string of the molecule is Cc1cc(Br)cnc1N1CCC(C(=O)Nc2ccccc2)CC1. The van der Waals surface area contributed by atoms with Crippen LogP contribution >= 0.6 is 15.9 Å². The minimum atomic E-state index is 0.0715. The zero-order chi connectivity index (χ0) is 16.2. The highest BCUT2D eigenvalue weighted by Crippen LogP contribution is 2.26. The summed E-state index contributed by atoms with van der Waals surface area (Å²) >= 11 is 3.45. The molecule has 4 nitrogen and oxygen atoms in total. The number of para-hydroxylation sites is 1. The summed E-state index contributed by atoms with van der Waals surface area (Å²) in [6.07, 6.45) is 3.54. The number of hydrogen-bond donors (Lipinski definition) is 1. The molecule has 0 bridgehead atoms. The number of carbonyl (C=O) groups excluding carboxylic acids is 1. The van der Waals surface area contributed by atoms with Crippen LogP contribution in [-0.2, 0) is 4.79 Å². The van der Waals surface area contributed by atoms with Crippen LogP contribution in [0.1, 0.15) is 18.4 Å². The molecule has 1 fully saturated rings. The van der Waals surface area contributed by atoms with Gasteiger partial charge in [0.1, 0.15) is 5.82 Å². The molecule has 23 heavy (non-hydrogen) atoms. The average molecular weight is 374 g/mol. The third-order valence-corrected chi connectivity index (χ3v) is 4.66. The van der Waals surface area contributed by atoms with Crippen LogP contribution in [-0.4, -0.2) is 24.0 Å². The highest BCUT2D eigenvalue weighted by molar-refractivity contribution is 9.10. The second-order valence-electron chi connectivity index (χ2n) is 5.91. The number of hydrogen-bond acceptors (Lipinski definition) is 3. The van der Waals surface area contributed by atoms with Crippen molar-refractivity contribution in [2.45, 2.75) is 19.8 Å². The van der Waals surface area contributed by atoms with Crippen molar-refractivity contribution in [2.24, 2.45) is 5.92 Å². The standard InChI is InChI=1S/C18H20BrN3O/c1-13-11-15(19)12-20-17(13)22-9-7-14(8-10-22)18(23)21-16-5-3-2-4-6-16/h2-6,11-12,14H,7-10H2,1H3,(H,21,23). The molecular weight excluding hydrogens is 354 g/mol. The van der Waals surface area contributed by atoms with E-state index in [9.17, 15) is 4.79 Å². The van der Waals surface area contributed by atoms with E-state index in [1.807, 2.05) is 36.5 Å². The van der Waals surface area contributed by atoms with Gasteiger partial charge in [-0.05, 0) is 59.5 Å². The van der Waals surface area contributed by atoms with Gasteiger partial charge in [-0.15, -0.1) is 0 Å². The fraction of sp³-hybridized carbons (Fsp3) is 0.333. The van der Waals surface area contributed by atoms with Crippen LogP contribution in [0.15, 0.2) is 47.1 Å². The Kier molecular flexibility index (Phi) is 4.96. The van der Waals surface area contributed by atoms with E-state index in [1.165, 1.54) is 0 Å². The first-order valence-electron chi connectivity index (χ1n) is 7.86. The van der Waals surface area contributed by atoms with E-state index in [2.05, 4.69) is 44.1 Å². The molecule has 120 valence electrons. The van der Waals surface area contributed by atoms with E-state index >= 15 is 0 Å². The van der Waals surface area contributed by atoms with E-state index in [4.69, 9.17) is 0 Å². The van der Waals surface area contributed by atoms with Crippen LogP contribution in [0.3, 0.4) is 0 Å². The van der Waals surface area contributed by atoms with Gasteiger partial charge in [-0.25, -0.2) is 4.98 Å². The predicted molar refractivity (Wildman–Crippen MR) is 96.7 cm³/mol. The molecule has 3 rings (SSSR count). The summed E-state index contributed by atoms with van der Waals surface area (Å²) in [5, 5.41) is 3.01. The number of nitrogens with zero attached hydrogens (tertiary/aromatic N) is 2. The number of pyridine rings is 1. The quantitative estimate of drug-likeness (QED) is 0.883. The average Bonchev–Trinajstić information content (AvgIpc) is 2.56. The zero-order valence-corrected chi connectivity index (χ0v) is 14.7. The molecule has 0 saturated carbocycles. The zero-order valence-electron chi connectivity index (χ0n) is 13.1. The Morgan fingerprint density at radius 1 is 1.26 bits per heavy atom. The van der Waals surface area contributed by atoms with Gasteiger partial charge >= 0.3 is 0 Å². The molecule has 1 aromatic heterocycles. The molecule has 1 amide bonds. The molecule has 0 atom stereocenters. The van der Waals surface area contributed by atoms with E-state index < -0.39 is 0 Å². The summed E-state index contributed by atoms with van der Waals surface area (Å²) in [4.78, 5) is 19.2. The smallest absolute Gasteiger partial charge is 0.227 e. The summed E-state index contributed by atoms with van der Waals surface area (Å²) in [6.45, 7) is 3.80. The lowest BCUT2D eigenvalue weighted by Crippen LogP contribution is -2.38. The van der Waals surface area contributed by atoms with Crippen LogP contribution < -0.4 is 10.2 Å². The number of carbonyl (C=O) groups is 1. The van der Waals surface area contributed by atoms with Gasteiger partial charge in [-0.3, -0.25) is 4.79 Å². The number of anilines is 2. The van der Waals surface area contributed by atoms with Crippen molar-refractivity contribution in [3.05, 3.63) is 52.6 Å². The number of benzene rings is 1. The van der Waals surface area contributed by atoms with Gasteiger partial charge in [-0.1, -0.05) is 18.2 Å². The largest absolute Gasteiger partial charge is 0.356 e. The first-order valence-corrected chi connectivity index (χ1v) is 8.66. The minimum absolute atomic E-state index is 0.0715. The summed E-state index contributed by atoms with van der Waals surface area (Å²) in [5.74, 6) is 1.22. The number of aryl methyl sites for hydroxylation is 1. The summed E-state index contributed by atoms with van der Waals surface area (Å²) in [5.41, 5.74) is 2.02. The van der Waals surface area contributed by atoms with Crippen LogP contribution in [0.4, 0.5) is 11.5 Å². The molecule has 2 heterocycles. The Labute approximate surface area is 145 Å². The van der Waals surface area contributed by atoms with Gasteiger partial charge in [0.15, 0.2) is 0 Å². The van der Waals surface area contributed by atoms with Gasteiger partial charge in [-0.2, -0.15) is 0 Å². The van der Waals surface area contributed by atoms with Crippen LogP contribution in [0.5, 0.6) is 0 Å². The van der Waals surface area contributed by atoms with Crippen molar-refractivity contribution in [1.82, 2.24) is 4.98 Å². The molecule has 0 aliphatic carbocycles. The highest BCUT2D eigenvalue weighted by atomic mass is 79.9. The third kappa shape index (κ3) is 3.91. The molecular formula is C18H20BrN3O. The van der Waals surface area contributed by atoms with Crippen molar-refractivity contribution < 1.29 is 4.79 Å². The number of amides is 1. The molecule has 1 aliphatic rings. The fourth-order valence-electron chi connectivity index (χ4n) is 2.98.